The Kier molecular flexibility index (Phi) is 6.37. The number of rotatable bonds is 8. The molecule has 0 atom stereocenters. The smallest absolute Gasteiger partial charge is 0.323 e. The van der Waals surface area contributed by atoms with Crippen LogP contribution in [0, 0.1) is 0 Å². The van der Waals surface area contributed by atoms with Gasteiger partial charge >= 0.3 is 5.97 Å². The Morgan fingerprint density at radius 1 is 1.14 bits per heavy atom. The molecule has 0 aromatic heterocycles. The summed E-state index contributed by atoms with van der Waals surface area (Å²) in [4.78, 5) is 25.4. The van der Waals surface area contributed by atoms with Gasteiger partial charge in [-0.25, -0.2) is 0 Å². The van der Waals surface area contributed by atoms with Crippen molar-refractivity contribution < 1.29 is 14.7 Å². The Balaban J connectivity index is 2.78. The van der Waals surface area contributed by atoms with Crippen molar-refractivity contribution >= 4 is 17.6 Å². The number of nitrogens with zero attached hydrogens (tertiary/aromatic N) is 1. The van der Waals surface area contributed by atoms with E-state index in [1.54, 1.807) is 4.90 Å². The molecule has 5 nitrogen and oxygen atoms in total. The van der Waals surface area contributed by atoms with Crippen molar-refractivity contribution in [1.29, 1.82) is 0 Å². The Morgan fingerprint density at radius 2 is 1.71 bits per heavy atom. The number of carbonyl (C=O) groups excluding carboxylic acids is 1. The van der Waals surface area contributed by atoms with Gasteiger partial charge in [0.25, 0.3) is 0 Å². The van der Waals surface area contributed by atoms with Gasteiger partial charge in [-0.05, 0) is 31.9 Å². The lowest BCUT2D eigenvalue weighted by molar-refractivity contribution is -0.145. The summed E-state index contributed by atoms with van der Waals surface area (Å²) in [5.41, 5.74) is -0.216. The molecule has 0 saturated heterocycles. The third-order valence-corrected chi connectivity index (χ3v) is 3.88. The summed E-state index contributed by atoms with van der Waals surface area (Å²) >= 11 is 0. The van der Waals surface area contributed by atoms with Crippen LogP contribution in [0.3, 0.4) is 0 Å². The second kappa shape index (κ2) is 7.78. The van der Waals surface area contributed by atoms with Crippen LogP contribution < -0.4 is 10.2 Å². The van der Waals surface area contributed by atoms with Gasteiger partial charge in [0, 0.05) is 12.2 Å². The van der Waals surface area contributed by atoms with Crippen LogP contribution in [0.15, 0.2) is 30.3 Å². The summed E-state index contributed by atoms with van der Waals surface area (Å²) in [6.45, 7) is 6.07. The highest BCUT2D eigenvalue weighted by molar-refractivity contribution is 5.95. The summed E-state index contributed by atoms with van der Waals surface area (Å²) in [5.74, 6) is -1.04. The molecule has 0 fully saturated rings. The summed E-state index contributed by atoms with van der Waals surface area (Å²) in [6.07, 6.45) is 0.868. The number of nitrogens with one attached hydrogen (secondary N) is 1. The van der Waals surface area contributed by atoms with Crippen LogP contribution in [0.4, 0.5) is 5.69 Å². The number of carboxylic acids is 1. The maximum Gasteiger partial charge on any atom is 0.323 e. The molecule has 0 aliphatic rings. The van der Waals surface area contributed by atoms with E-state index in [0.29, 0.717) is 19.4 Å². The predicted octanol–water partition coefficient (Wildman–Crippen LogP) is 2.27. The zero-order valence-corrected chi connectivity index (χ0v) is 12.9. The molecule has 5 heteroatoms. The highest BCUT2D eigenvalue weighted by Crippen LogP contribution is 2.16. The summed E-state index contributed by atoms with van der Waals surface area (Å²) < 4.78 is 0. The second-order valence-electron chi connectivity index (χ2n) is 4.92. The van der Waals surface area contributed by atoms with Crippen molar-refractivity contribution in [2.75, 3.05) is 18.0 Å². The molecule has 2 N–H and O–H groups in total. The molecule has 1 amide bonds. The normalized spacial score (nSPS) is 11.2. The third kappa shape index (κ3) is 4.04. The fourth-order valence-electron chi connectivity index (χ4n) is 2.33. The molecule has 1 aromatic carbocycles. The molecule has 0 heterocycles. The van der Waals surface area contributed by atoms with Crippen molar-refractivity contribution in [3.8, 4) is 0 Å². The quantitative estimate of drug-likeness (QED) is 0.771. The Bertz CT molecular complexity index is 470. The van der Waals surface area contributed by atoms with Crippen LogP contribution in [0.25, 0.3) is 0 Å². The number of carboxylic acid groups (broad SMARTS) is 1. The number of aliphatic carboxylic acids is 1. The molecule has 0 aliphatic carbocycles. The number of hydrogen-bond donors (Lipinski definition) is 2. The second-order valence-corrected chi connectivity index (χ2v) is 4.92. The van der Waals surface area contributed by atoms with Crippen molar-refractivity contribution in [2.24, 2.45) is 0 Å². The van der Waals surface area contributed by atoms with E-state index >= 15 is 0 Å². The first-order chi connectivity index (χ1) is 10.0. The van der Waals surface area contributed by atoms with E-state index in [9.17, 15) is 14.7 Å². The molecule has 0 spiro atoms. The molecule has 1 rings (SSSR count). The molecule has 0 aliphatic heterocycles. The van der Waals surface area contributed by atoms with Crippen LogP contribution in [-0.4, -0.2) is 35.6 Å². The number of likely N-dealkylation sites (N-methyl/N-ethyl adjacent to an activating group) is 1. The van der Waals surface area contributed by atoms with Crippen molar-refractivity contribution in [2.45, 2.75) is 39.2 Å². The fourth-order valence-corrected chi connectivity index (χ4v) is 2.33. The lowest BCUT2D eigenvalue weighted by Gasteiger charge is -2.29. The van der Waals surface area contributed by atoms with Crippen LogP contribution in [-0.2, 0) is 9.59 Å². The Hall–Kier alpha value is -1.88. The number of amides is 1. The standard InChI is InChI=1S/C16H24N2O3/c1-4-16(5-2,15(20)21)17-12-14(19)18(6-3)13-10-8-7-9-11-13/h7-11,17H,4-6,12H2,1-3H3,(H,20,21). The molecule has 0 saturated carbocycles. The largest absolute Gasteiger partial charge is 0.480 e. The fraction of sp³-hybridized carbons (Fsp3) is 0.500. The topological polar surface area (TPSA) is 69.6 Å². The van der Waals surface area contributed by atoms with Gasteiger partial charge in [0.1, 0.15) is 5.54 Å². The van der Waals surface area contributed by atoms with Gasteiger partial charge in [-0.1, -0.05) is 32.0 Å². The number of anilines is 1. The van der Waals surface area contributed by atoms with Gasteiger partial charge in [0.05, 0.1) is 6.54 Å². The van der Waals surface area contributed by atoms with Crippen LogP contribution in [0.2, 0.25) is 0 Å². The molecule has 0 bridgehead atoms. The minimum absolute atomic E-state index is 0.0106. The molecular formula is C16H24N2O3. The minimum atomic E-state index is -1.04. The van der Waals surface area contributed by atoms with Gasteiger partial charge in [-0.15, -0.1) is 0 Å². The maximum atomic E-state index is 12.3. The highest BCUT2D eigenvalue weighted by Gasteiger charge is 2.35. The maximum absolute atomic E-state index is 12.3. The van der Waals surface area contributed by atoms with E-state index in [4.69, 9.17) is 0 Å². The van der Waals surface area contributed by atoms with Gasteiger partial charge in [-0.2, -0.15) is 0 Å². The highest BCUT2D eigenvalue weighted by atomic mass is 16.4. The van der Waals surface area contributed by atoms with Crippen LogP contribution in [0.5, 0.6) is 0 Å². The Labute approximate surface area is 126 Å². The number of carbonyl (C=O) groups is 2. The van der Waals surface area contributed by atoms with Crippen molar-refractivity contribution in [1.82, 2.24) is 5.32 Å². The number of para-hydroxylation sites is 1. The van der Waals surface area contributed by atoms with Gasteiger partial charge in [0.2, 0.25) is 5.91 Å². The number of benzene rings is 1. The molecule has 1 aromatic rings. The SMILES string of the molecule is CCN(C(=O)CNC(CC)(CC)C(=O)O)c1ccccc1. The Morgan fingerprint density at radius 3 is 2.14 bits per heavy atom. The first kappa shape index (κ1) is 17.2. The van der Waals surface area contributed by atoms with Crippen LogP contribution in [0.1, 0.15) is 33.6 Å². The molecular weight excluding hydrogens is 268 g/mol. The van der Waals surface area contributed by atoms with E-state index in [-0.39, 0.29) is 12.5 Å². The lowest BCUT2D eigenvalue weighted by Crippen LogP contribution is -2.54. The minimum Gasteiger partial charge on any atom is -0.480 e. The summed E-state index contributed by atoms with van der Waals surface area (Å²) in [6, 6.07) is 9.37. The van der Waals surface area contributed by atoms with Gasteiger partial charge in [0.15, 0.2) is 0 Å². The van der Waals surface area contributed by atoms with Crippen molar-refractivity contribution in [3.63, 3.8) is 0 Å². The van der Waals surface area contributed by atoms with Crippen LogP contribution >= 0.6 is 0 Å². The van der Waals surface area contributed by atoms with E-state index in [0.717, 1.165) is 5.69 Å². The molecule has 21 heavy (non-hydrogen) atoms. The first-order valence-corrected chi connectivity index (χ1v) is 7.34. The first-order valence-electron chi connectivity index (χ1n) is 7.34. The van der Waals surface area contributed by atoms with E-state index < -0.39 is 11.5 Å². The summed E-state index contributed by atoms with van der Waals surface area (Å²) in [5, 5.41) is 12.3. The lowest BCUT2D eigenvalue weighted by atomic mass is 9.93. The van der Waals surface area contributed by atoms with E-state index in [2.05, 4.69) is 5.32 Å². The third-order valence-electron chi connectivity index (χ3n) is 3.88. The zero-order valence-electron chi connectivity index (χ0n) is 12.9. The molecule has 0 unspecified atom stereocenters. The summed E-state index contributed by atoms with van der Waals surface area (Å²) in [7, 11) is 0. The monoisotopic (exact) mass is 292 g/mol. The average Bonchev–Trinajstić information content (AvgIpc) is 2.50. The predicted molar refractivity (Wildman–Crippen MR) is 83.4 cm³/mol. The number of hydrogen-bond acceptors (Lipinski definition) is 3. The molecule has 116 valence electrons. The van der Waals surface area contributed by atoms with E-state index in [1.807, 2.05) is 51.1 Å². The van der Waals surface area contributed by atoms with Crippen molar-refractivity contribution in [3.05, 3.63) is 30.3 Å². The van der Waals surface area contributed by atoms with E-state index in [1.165, 1.54) is 0 Å². The van der Waals surface area contributed by atoms with Gasteiger partial charge < -0.3 is 10.0 Å². The molecule has 0 radical (unpaired) electrons. The average molecular weight is 292 g/mol. The zero-order chi connectivity index (χ0) is 15.9. The van der Waals surface area contributed by atoms with Gasteiger partial charge in [-0.3, -0.25) is 14.9 Å².